The van der Waals surface area contributed by atoms with E-state index in [4.69, 9.17) is 16.9 Å². The first-order chi connectivity index (χ1) is 15.0. The molecule has 3 aromatic carbocycles. The summed E-state index contributed by atoms with van der Waals surface area (Å²) in [5.41, 5.74) is 3.35. The van der Waals surface area contributed by atoms with Crippen molar-refractivity contribution in [3.8, 4) is 17.2 Å². The number of thiophene rings is 1. The number of fused-ring (bicyclic) bond motifs is 1. The third-order valence-corrected chi connectivity index (χ3v) is 6.19. The summed E-state index contributed by atoms with van der Waals surface area (Å²) >= 11 is 7.66. The number of amides is 1. The molecule has 1 aromatic heterocycles. The largest absolute Gasteiger partial charge is 0.351 e. The maximum Gasteiger partial charge on any atom is 0.251 e. The van der Waals surface area contributed by atoms with Crippen LogP contribution in [0.2, 0.25) is 5.02 Å². The number of hydrogen-bond acceptors (Lipinski definition) is 3. The van der Waals surface area contributed by atoms with Gasteiger partial charge < -0.3 is 5.32 Å². The van der Waals surface area contributed by atoms with Gasteiger partial charge in [0.2, 0.25) is 0 Å². The molecule has 1 amide bonds. The molecule has 0 aliphatic carbocycles. The van der Waals surface area contributed by atoms with Crippen molar-refractivity contribution in [2.45, 2.75) is 12.8 Å². The van der Waals surface area contributed by atoms with Crippen molar-refractivity contribution in [1.82, 2.24) is 5.32 Å². The second-order valence-electron chi connectivity index (χ2n) is 7.13. The first-order valence-electron chi connectivity index (χ1n) is 9.75. The van der Waals surface area contributed by atoms with Crippen molar-refractivity contribution >= 4 is 38.9 Å². The average Bonchev–Trinajstić information content (AvgIpc) is 3.15. The summed E-state index contributed by atoms with van der Waals surface area (Å²) in [6.07, 6.45) is 0.872. The number of hydrogen-bond donors (Lipinski definition) is 1. The van der Waals surface area contributed by atoms with E-state index in [9.17, 15) is 9.18 Å². The molecule has 1 heterocycles. The van der Waals surface area contributed by atoms with E-state index in [0.29, 0.717) is 23.6 Å². The molecule has 0 fully saturated rings. The molecule has 4 aromatic rings. The summed E-state index contributed by atoms with van der Waals surface area (Å²) in [6.45, 7) is 0.327. The smallest absolute Gasteiger partial charge is 0.251 e. The van der Waals surface area contributed by atoms with Crippen molar-refractivity contribution in [3.63, 3.8) is 0 Å². The van der Waals surface area contributed by atoms with Gasteiger partial charge in [-0.3, -0.25) is 4.79 Å². The third kappa shape index (κ3) is 4.93. The fourth-order valence-electron chi connectivity index (χ4n) is 3.53. The average molecular weight is 449 g/mol. The molecule has 1 N–H and O–H groups in total. The molecule has 0 aliphatic rings. The molecule has 0 radical (unpaired) electrons. The molecule has 0 saturated heterocycles. The summed E-state index contributed by atoms with van der Waals surface area (Å²) in [5, 5.41) is 12.9. The molecule has 0 unspecified atom stereocenters. The SMILES string of the molecule is N#CCCNC(=O)c1cccc(-c2cccc3sc(Cc4cc(F)cc(Cl)c4)cc23)c1. The quantitative estimate of drug-likeness (QED) is 0.338. The zero-order valence-electron chi connectivity index (χ0n) is 16.5. The van der Waals surface area contributed by atoms with Gasteiger partial charge in [-0.1, -0.05) is 35.9 Å². The van der Waals surface area contributed by atoms with E-state index in [1.165, 1.54) is 12.1 Å². The molecule has 0 bridgehead atoms. The summed E-state index contributed by atoms with van der Waals surface area (Å²) in [4.78, 5) is 13.5. The summed E-state index contributed by atoms with van der Waals surface area (Å²) < 4.78 is 14.8. The van der Waals surface area contributed by atoms with Crippen LogP contribution in [0.25, 0.3) is 21.2 Å². The first kappa shape index (κ1) is 21.0. The lowest BCUT2D eigenvalue weighted by Crippen LogP contribution is -2.24. The number of nitrogens with zero attached hydrogens (tertiary/aromatic N) is 1. The molecule has 0 atom stereocenters. The van der Waals surface area contributed by atoms with Crippen LogP contribution >= 0.6 is 22.9 Å². The van der Waals surface area contributed by atoms with E-state index in [0.717, 1.165) is 31.7 Å². The van der Waals surface area contributed by atoms with Crippen molar-refractivity contribution in [2.24, 2.45) is 0 Å². The Labute approximate surface area is 188 Å². The highest BCUT2D eigenvalue weighted by Gasteiger charge is 2.12. The Balaban J connectivity index is 1.65. The van der Waals surface area contributed by atoms with Crippen LogP contribution in [0.3, 0.4) is 0 Å². The summed E-state index contributed by atoms with van der Waals surface area (Å²) in [7, 11) is 0. The third-order valence-electron chi connectivity index (χ3n) is 4.87. The lowest BCUT2D eigenvalue weighted by molar-refractivity contribution is 0.0954. The van der Waals surface area contributed by atoms with Gasteiger partial charge in [0.15, 0.2) is 0 Å². The predicted molar refractivity (Wildman–Crippen MR) is 124 cm³/mol. The Morgan fingerprint density at radius 2 is 1.94 bits per heavy atom. The minimum Gasteiger partial charge on any atom is -0.351 e. The second-order valence-corrected chi connectivity index (χ2v) is 8.73. The lowest BCUT2D eigenvalue weighted by atomic mass is 9.99. The van der Waals surface area contributed by atoms with Crippen LogP contribution in [0, 0.1) is 17.1 Å². The first-order valence-corrected chi connectivity index (χ1v) is 10.9. The van der Waals surface area contributed by atoms with Crippen LogP contribution in [0.4, 0.5) is 4.39 Å². The van der Waals surface area contributed by atoms with Gasteiger partial charge in [-0.2, -0.15) is 5.26 Å². The van der Waals surface area contributed by atoms with Gasteiger partial charge in [-0.15, -0.1) is 11.3 Å². The van der Waals surface area contributed by atoms with Crippen LogP contribution in [0.15, 0.2) is 66.7 Å². The number of halogens is 2. The molecule has 0 saturated carbocycles. The monoisotopic (exact) mass is 448 g/mol. The number of rotatable bonds is 6. The van der Waals surface area contributed by atoms with Crippen LogP contribution < -0.4 is 5.32 Å². The van der Waals surface area contributed by atoms with Gasteiger partial charge in [0.1, 0.15) is 5.82 Å². The van der Waals surface area contributed by atoms with Crippen LogP contribution in [-0.2, 0) is 6.42 Å². The Morgan fingerprint density at radius 3 is 2.74 bits per heavy atom. The normalized spacial score (nSPS) is 10.7. The highest BCUT2D eigenvalue weighted by molar-refractivity contribution is 7.19. The number of nitriles is 1. The highest BCUT2D eigenvalue weighted by atomic mass is 35.5. The maximum atomic E-state index is 13.7. The number of nitrogens with one attached hydrogen (secondary N) is 1. The Bertz CT molecular complexity index is 1290. The number of carbonyl (C=O) groups excluding carboxylic acids is 1. The lowest BCUT2D eigenvalue weighted by Gasteiger charge is -2.07. The maximum absolute atomic E-state index is 13.7. The molecule has 4 rings (SSSR count). The number of benzene rings is 3. The van der Waals surface area contributed by atoms with Crippen molar-refractivity contribution < 1.29 is 9.18 Å². The molecule has 0 aliphatic heterocycles. The van der Waals surface area contributed by atoms with E-state index in [1.54, 1.807) is 23.5 Å². The molecular formula is C25H18ClFN2OS. The van der Waals surface area contributed by atoms with Gasteiger partial charge in [0.25, 0.3) is 5.91 Å². The van der Waals surface area contributed by atoms with Gasteiger partial charge in [0.05, 0.1) is 12.5 Å². The Morgan fingerprint density at radius 1 is 1.10 bits per heavy atom. The Hall–Kier alpha value is -3.20. The van der Waals surface area contributed by atoms with Crippen LogP contribution in [0.5, 0.6) is 0 Å². The van der Waals surface area contributed by atoms with Crippen LogP contribution in [-0.4, -0.2) is 12.5 Å². The summed E-state index contributed by atoms with van der Waals surface area (Å²) in [5.74, 6) is -0.535. The Kier molecular flexibility index (Phi) is 6.31. The zero-order valence-corrected chi connectivity index (χ0v) is 18.1. The van der Waals surface area contributed by atoms with Crippen molar-refractivity contribution in [1.29, 1.82) is 5.26 Å². The van der Waals surface area contributed by atoms with E-state index in [-0.39, 0.29) is 18.1 Å². The van der Waals surface area contributed by atoms with Gasteiger partial charge in [0, 0.05) is 38.5 Å². The fourth-order valence-corrected chi connectivity index (χ4v) is 4.90. The number of carbonyl (C=O) groups is 1. The van der Waals surface area contributed by atoms with E-state index >= 15 is 0 Å². The molecule has 31 heavy (non-hydrogen) atoms. The predicted octanol–water partition coefficient (Wildman–Crippen LogP) is 6.60. The fraction of sp³-hybridized carbons (Fsp3) is 0.120. The second kappa shape index (κ2) is 9.30. The van der Waals surface area contributed by atoms with E-state index in [1.807, 2.05) is 36.4 Å². The minimum absolute atomic E-state index is 0.196. The van der Waals surface area contributed by atoms with Crippen LogP contribution in [0.1, 0.15) is 27.2 Å². The van der Waals surface area contributed by atoms with Gasteiger partial charge in [-0.25, -0.2) is 4.39 Å². The standard InChI is InChI=1S/C25H18ClFN2OS/c26-19-10-16(11-20(27)14-19)12-21-15-23-22(6-2-7-24(23)31-21)17-4-1-5-18(13-17)25(30)29-9-3-8-28/h1-2,4-7,10-11,13-15H,3,9,12H2,(H,29,30). The molecule has 0 spiro atoms. The van der Waals surface area contributed by atoms with Gasteiger partial charge >= 0.3 is 0 Å². The highest BCUT2D eigenvalue weighted by Crippen LogP contribution is 2.35. The van der Waals surface area contributed by atoms with Crippen molar-refractivity contribution in [2.75, 3.05) is 6.54 Å². The molecule has 6 heteroatoms. The molecular weight excluding hydrogens is 431 g/mol. The zero-order chi connectivity index (χ0) is 21.8. The van der Waals surface area contributed by atoms with Crippen molar-refractivity contribution in [3.05, 3.63) is 93.6 Å². The summed E-state index contributed by atoms with van der Waals surface area (Å²) in [6, 6.07) is 22.3. The minimum atomic E-state index is -0.339. The van der Waals surface area contributed by atoms with E-state index in [2.05, 4.69) is 17.4 Å². The molecule has 3 nitrogen and oxygen atoms in total. The van der Waals surface area contributed by atoms with E-state index < -0.39 is 0 Å². The van der Waals surface area contributed by atoms with Gasteiger partial charge in [-0.05, 0) is 59.2 Å². The molecule has 154 valence electrons. The topological polar surface area (TPSA) is 52.9 Å².